The van der Waals surface area contributed by atoms with Crippen LogP contribution in [0.5, 0.6) is 11.5 Å². The molecule has 298 valence electrons. The summed E-state index contributed by atoms with van der Waals surface area (Å²) in [7, 11) is 0. The summed E-state index contributed by atoms with van der Waals surface area (Å²) in [4.78, 5) is 44.1. The van der Waals surface area contributed by atoms with Crippen molar-refractivity contribution in [2.24, 2.45) is 11.8 Å². The monoisotopic (exact) mass is 768 g/mol. The van der Waals surface area contributed by atoms with Crippen molar-refractivity contribution in [2.75, 3.05) is 24.5 Å². The van der Waals surface area contributed by atoms with Crippen LogP contribution in [-0.4, -0.2) is 76.5 Å². The van der Waals surface area contributed by atoms with E-state index in [2.05, 4.69) is 77.5 Å². The van der Waals surface area contributed by atoms with Crippen molar-refractivity contribution < 1.29 is 24.2 Å². The van der Waals surface area contributed by atoms with E-state index in [9.17, 15) is 19.5 Å². The second-order valence-corrected chi connectivity index (χ2v) is 17.6. The fraction of sp³-hybridized carbons (Fsp3) is 0.479. The average molecular weight is 769 g/mol. The molecule has 2 saturated heterocycles. The summed E-state index contributed by atoms with van der Waals surface area (Å²) in [5.41, 5.74) is 8.39. The van der Waals surface area contributed by atoms with Gasteiger partial charge in [-0.3, -0.25) is 24.6 Å². The van der Waals surface area contributed by atoms with Gasteiger partial charge in [0, 0.05) is 74.7 Å². The molecule has 3 aliphatic carbocycles. The van der Waals surface area contributed by atoms with E-state index in [1.54, 1.807) is 10.5 Å². The fourth-order valence-electron chi connectivity index (χ4n) is 10.6. The van der Waals surface area contributed by atoms with E-state index in [4.69, 9.17) is 4.74 Å². The number of hydrogen-bond acceptors (Lipinski definition) is 7. The molecule has 6 aliphatic rings. The van der Waals surface area contributed by atoms with Gasteiger partial charge in [0.05, 0.1) is 0 Å². The number of ether oxygens (including phenoxy) is 1. The molecule has 1 unspecified atom stereocenters. The molecule has 3 aromatic rings. The molecule has 3 aliphatic heterocycles. The molecule has 1 saturated carbocycles. The number of imide groups is 1. The lowest BCUT2D eigenvalue weighted by molar-refractivity contribution is -0.136. The van der Waals surface area contributed by atoms with Crippen LogP contribution < -0.4 is 15.0 Å². The highest BCUT2D eigenvalue weighted by molar-refractivity contribution is 6.05. The van der Waals surface area contributed by atoms with E-state index < -0.39 is 6.04 Å². The number of nitrogens with zero attached hydrogens (tertiary/aromatic N) is 3. The molecule has 3 fully saturated rings. The number of amides is 3. The zero-order valence-electron chi connectivity index (χ0n) is 33.4. The van der Waals surface area contributed by atoms with Gasteiger partial charge in [0.2, 0.25) is 11.8 Å². The molecule has 3 aromatic carbocycles. The Hall–Kier alpha value is -4.89. The molecule has 3 atom stereocenters. The van der Waals surface area contributed by atoms with Gasteiger partial charge in [0.15, 0.2) is 0 Å². The molecular formula is C48H56N4O5. The standard InChI is InChI=1S/C48H56N4O5/c1-30(2)51(37-26-40(27-37)57-39-14-17-43-35(25-39)29-52(48(43)56)44-18-19-45(54)49-47(44)55)28-31-20-22-50(23-21-31)36-11-8-33(9-12-36)46-41(32-6-4-3-5-7-32)15-10-34-24-38(53)13-16-42(34)46/h3-4,6,8-9,11-14,16-17,24-25,30-31,37,40-41,44,46,53H,5,7,10,15,18-23,26-29H2,1-2H3,(H,49,54,55)/t37?,40?,41-,44?,46+/m1/s1. The Morgan fingerprint density at radius 1 is 0.895 bits per heavy atom. The van der Waals surface area contributed by atoms with Gasteiger partial charge in [-0.15, -0.1) is 0 Å². The van der Waals surface area contributed by atoms with Gasteiger partial charge in [-0.05, 0) is 135 Å². The number of aromatic hydroxyl groups is 1. The number of fused-ring (bicyclic) bond motifs is 2. The van der Waals surface area contributed by atoms with Crippen LogP contribution in [0.1, 0.15) is 110 Å². The first kappa shape index (κ1) is 37.7. The van der Waals surface area contributed by atoms with Crippen LogP contribution in [0.2, 0.25) is 0 Å². The number of allylic oxidation sites excluding steroid dienone is 4. The topological polar surface area (TPSA) is 102 Å². The maximum atomic E-state index is 13.1. The lowest BCUT2D eigenvalue weighted by atomic mass is 9.68. The van der Waals surface area contributed by atoms with Crippen molar-refractivity contribution >= 4 is 23.4 Å². The lowest BCUT2D eigenvalue weighted by Gasteiger charge is -2.46. The molecule has 0 radical (unpaired) electrons. The first-order valence-corrected chi connectivity index (χ1v) is 21.4. The van der Waals surface area contributed by atoms with E-state index in [0.29, 0.717) is 54.1 Å². The van der Waals surface area contributed by atoms with Crippen LogP contribution in [0.3, 0.4) is 0 Å². The van der Waals surface area contributed by atoms with Gasteiger partial charge in [-0.25, -0.2) is 0 Å². The number of phenolic OH excluding ortho intramolecular Hbond substituents is 1. The molecule has 3 heterocycles. The smallest absolute Gasteiger partial charge is 0.255 e. The molecule has 2 N–H and O–H groups in total. The highest BCUT2D eigenvalue weighted by Gasteiger charge is 2.41. The normalized spacial score (nSPS) is 26.3. The highest BCUT2D eigenvalue weighted by Crippen LogP contribution is 2.47. The van der Waals surface area contributed by atoms with Gasteiger partial charge in [-0.2, -0.15) is 0 Å². The van der Waals surface area contributed by atoms with Gasteiger partial charge in [0.25, 0.3) is 5.91 Å². The Bertz CT molecular complexity index is 2080. The highest BCUT2D eigenvalue weighted by atomic mass is 16.5. The van der Waals surface area contributed by atoms with E-state index in [1.165, 1.54) is 35.2 Å². The Morgan fingerprint density at radius 2 is 1.70 bits per heavy atom. The number of phenols is 1. The van der Waals surface area contributed by atoms with Gasteiger partial charge >= 0.3 is 0 Å². The van der Waals surface area contributed by atoms with Crippen molar-refractivity contribution in [3.8, 4) is 11.5 Å². The molecule has 57 heavy (non-hydrogen) atoms. The molecule has 3 amide bonds. The van der Waals surface area contributed by atoms with Crippen LogP contribution in [0, 0.1) is 11.8 Å². The van der Waals surface area contributed by atoms with E-state index in [1.807, 2.05) is 30.3 Å². The summed E-state index contributed by atoms with van der Waals surface area (Å²) >= 11 is 0. The fourth-order valence-corrected chi connectivity index (χ4v) is 10.6. The predicted molar refractivity (Wildman–Crippen MR) is 221 cm³/mol. The number of hydrogen-bond donors (Lipinski definition) is 2. The first-order chi connectivity index (χ1) is 27.7. The Kier molecular flexibility index (Phi) is 10.4. The minimum absolute atomic E-state index is 0.142. The minimum atomic E-state index is -0.612. The number of nitrogens with one attached hydrogen (secondary N) is 1. The summed E-state index contributed by atoms with van der Waals surface area (Å²) in [5, 5.41) is 12.6. The molecule has 0 aromatic heterocycles. The third-order valence-corrected chi connectivity index (χ3v) is 13.8. The summed E-state index contributed by atoms with van der Waals surface area (Å²) in [5.74, 6) is 1.77. The lowest BCUT2D eigenvalue weighted by Crippen LogP contribution is -2.53. The summed E-state index contributed by atoms with van der Waals surface area (Å²) in [6.07, 6.45) is 16.3. The van der Waals surface area contributed by atoms with Gasteiger partial charge < -0.3 is 19.6 Å². The Morgan fingerprint density at radius 3 is 2.44 bits per heavy atom. The number of rotatable bonds is 10. The van der Waals surface area contributed by atoms with Crippen LogP contribution in [0.25, 0.3) is 0 Å². The van der Waals surface area contributed by atoms with Crippen molar-refractivity contribution in [2.45, 2.75) is 115 Å². The Balaban J connectivity index is 0.779. The van der Waals surface area contributed by atoms with Crippen molar-refractivity contribution in [1.82, 2.24) is 15.1 Å². The number of benzene rings is 3. The third-order valence-electron chi connectivity index (χ3n) is 13.8. The predicted octanol–water partition coefficient (Wildman–Crippen LogP) is 7.66. The second-order valence-electron chi connectivity index (χ2n) is 17.6. The summed E-state index contributed by atoms with van der Waals surface area (Å²) in [6.45, 7) is 8.24. The maximum Gasteiger partial charge on any atom is 0.255 e. The summed E-state index contributed by atoms with van der Waals surface area (Å²) in [6, 6.07) is 21.4. The number of piperidine rings is 2. The molecular weight excluding hydrogens is 713 g/mol. The van der Waals surface area contributed by atoms with Gasteiger partial charge in [-0.1, -0.05) is 42.0 Å². The van der Waals surface area contributed by atoms with Crippen molar-refractivity contribution in [3.05, 3.63) is 112 Å². The van der Waals surface area contributed by atoms with Crippen LogP contribution in [0.4, 0.5) is 5.69 Å². The van der Waals surface area contributed by atoms with Crippen molar-refractivity contribution in [1.29, 1.82) is 0 Å². The number of carbonyl (C=O) groups is 3. The van der Waals surface area contributed by atoms with Crippen molar-refractivity contribution in [3.63, 3.8) is 0 Å². The third kappa shape index (κ3) is 7.63. The van der Waals surface area contributed by atoms with Crippen LogP contribution >= 0.6 is 0 Å². The molecule has 0 bridgehead atoms. The zero-order valence-corrected chi connectivity index (χ0v) is 33.4. The number of anilines is 1. The van der Waals surface area contributed by atoms with E-state index in [-0.39, 0.29) is 30.2 Å². The van der Waals surface area contributed by atoms with E-state index >= 15 is 0 Å². The second kappa shape index (κ2) is 15.8. The zero-order chi connectivity index (χ0) is 39.2. The number of carbonyl (C=O) groups excluding carboxylic acids is 3. The first-order valence-electron chi connectivity index (χ1n) is 21.4. The number of aryl methyl sites for hydroxylation is 1. The average Bonchev–Trinajstić information content (AvgIpc) is 3.53. The Labute approximate surface area is 336 Å². The van der Waals surface area contributed by atoms with Gasteiger partial charge in [0.1, 0.15) is 23.6 Å². The largest absolute Gasteiger partial charge is 0.508 e. The maximum absolute atomic E-state index is 13.1. The van der Waals surface area contributed by atoms with E-state index in [0.717, 1.165) is 69.5 Å². The quantitative estimate of drug-likeness (QED) is 0.204. The molecule has 9 heteroatoms. The SMILES string of the molecule is CC(C)N(CC1CCN(c2ccc([C@@H]3c4ccc(O)cc4CC[C@@H]3C3=CC=CCC3)cc2)CC1)C1CC(Oc2ccc3c(c2)CN(C2CCC(=O)NC2=O)C3=O)C1. The molecule has 0 spiro atoms. The van der Waals surface area contributed by atoms with Crippen LogP contribution in [-0.2, 0) is 22.6 Å². The summed E-state index contributed by atoms with van der Waals surface area (Å²) < 4.78 is 6.44. The molecule has 9 rings (SSSR count). The molecule has 9 nitrogen and oxygen atoms in total. The van der Waals surface area contributed by atoms with Crippen LogP contribution in [0.15, 0.2) is 84.5 Å². The minimum Gasteiger partial charge on any atom is -0.508 e.